The van der Waals surface area contributed by atoms with Crippen LogP contribution in [0.1, 0.15) is 33.1 Å². The van der Waals surface area contributed by atoms with Crippen molar-refractivity contribution in [2.75, 3.05) is 0 Å². The molecule has 2 aliphatic rings. The zero-order chi connectivity index (χ0) is 10.3. The lowest BCUT2D eigenvalue weighted by molar-refractivity contribution is -0.120. The molecule has 2 bridgehead atoms. The first-order valence-corrected chi connectivity index (χ1v) is 5.54. The zero-order valence-electron chi connectivity index (χ0n) is 8.99. The molecule has 0 aromatic carbocycles. The van der Waals surface area contributed by atoms with Crippen LogP contribution in [-0.4, -0.2) is 11.8 Å². The quantitative estimate of drug-likeness (QED) is 0.681. The van der Waals surface area contributed by atoms with E-state index >= 15 is 0 Å². The molecule has 2 fully saturated rings. The van der Waals surface area contributed by atoms with Crippen molar-refractivity contribution in [1.29, 1.82) is 0 Å². The first-order valence-electron chi connectivity index (χ1n) is 5.54. The fourth-order valence-corrected chi connectivity index (χ4v) is 3.14. The summed E-state index contributed by atoms with van der Waals surface area (Å²) in [4.78, 5) is 11.9. The number of fused-ring (bicyclic) bond motifs is 2. The van der Waals surface area contributed by atoms with Crippen LogP contribution in [0.2, 0.25) is 0 Å². The number of carbonyl (C=O) groups is 1. The Kier molecular flexibility index (Phi) is 2.48. The molecule has 2 heteroatoms. The lowest BCUT2D eigenvalue weighted by atomic mass is 9.82. The summed E-state index contributed by atoms with van der Waals surface area (Å²) >= 11 is 0. The largest absolute Gasteiger partial charge is 0.327 e. The summed E-state index contributed by atoms with van der Waals surface area (Å²) in [5, 5.41) is 0. The molecule has 0 aromatic rings. The van der Waals surface area contributed by atoms with Crippen LogP contribution in [0.15, 0.2) is 11.6 Å². The second kappa shape index (κ2) is 3.50. The van der Waals surface area contributed by atoms with Gasteiger partial charge in [0, 0.05) is 12.0 Å². The van der Waals surface area contributed by atoms with Crippen LogP contribution in [0.3, 0.4) is 0 Å². The van der Waals surface area contributed by atoms with Crippen LogP contribution < -0.4 is 5.73 Å². The van der Waals surface area contributed by atoms with Gasteiger partial charge in [0.1, 0.15) is 0 Å². The molecule has 0 aromatic heterocycles. The molecule has 2 N–H and O–H groups in total. The predicted molar refractivity (Wildman–Crippen MR) is 56.7 cm³/mol. The molecule has 0 amide bonds. The molecule has 0 aliphatic heterocycles. The van der Waals surface area contributed by atoms with E-state index in [1.54, 1.807) is 6.08 Å². The van der Waals surface area contributed by atoms with Crippen molar-refractivity contribution in [2.45, 2.75) is 39.2 Å². The third kappa shape index (κ3) is 1.52. The van der Waals surface area contributed by atoms with Gasteiger partial charge in [0.2, 0.25) is 0 Å². The van der Waals surface area contributed by atoms with Crippen molar-refractivity contribution >= 4 is 5.78 Å². The Bertz CT molecular complexity index is 276. The first kappa shape index (κ1) is 9.91. The van der Waals surface area contributed by atoms with Crippen molar-refractivity contribution in [3.63, 3.8) is 0 Å². The van der Waals surface area contributed by atoms with Crippen molar-refractivity contribution in [2.24, 2.45) is 23.5 Å². The Morgan fingerprint density at radius 2 is 1.93 bits per heavy atom. The normalized spacial score (nSPS) is 39.9. The minimum absolute atomic E-state index is 0.128. The van der Waals surface area contributed by atoms with E-state index in [1.807, 2.05) is 13.8 Å². The van der Waals surface area contributed by atoms with Gasteiger partial charge in [-0.25, -0.2) is 0 Å². The van der Waals surface area contributed by atoms with Gasteiger partial charge in [-0.15, -0.1) is 0 Å². The van der Waals surface area contributed by atoms with Crippen molar-refractivity contribution in [3.05, 3.63) is 11.6 Å². The maximum Gasteiger partial charge on any atom is 0.160 e. The maximum atomic E-state index is 11.9. The Balaban J connectivity index is 2.12. The predicted octanol–water partition coefficient (Wildman–Crippen LogP) is 1.90. The van der Waals surface area contributed by atoms with Gasteiger partial charge in [0.25, 0.3) is 0 Å². The van der Waals surface area contributed by atoms with E-state index in [9.17, 15) is 4.79 Å². The molecule has 2 saturated carbocycles. The van der Waals surface area contributed by atoms with Crippen LogP contribution in [0.5, 0.6) is 0 Å². The second-order valence-corrected chi connectivity index (χ2v) is 5.06. The van der Waals surface area contributed by atoms with E-state index in [0.29, 0.717) is 11.8 Å². The number of hydrogen-bond acceptors (Lipinski definition) is 2. The SMILES string of the molecule is CC(C)=CC(=O)C1C2CCC(C2)C1N. The van der Waals surface area contributed by atoms with Crippen LogP contribution in [-0.2, 0) is 4.79 Å². The average molecular weight is 193 g/mol. The summed E-state index contributed by atoms with van der Waals surface area (Å²) in [5.41, 5.74) is 7.18. The molecule has 0 radical (unpaired) electrons. The van der Waals surface area contributed by atoms with Gasteiger partial charge in [-0.1, -0.05) is 5.57 Å². The van der Waals surface area contributed by atoms with Crippen molar-refractivity contribution in [3.8, 4) is 0 Å². The Labute approximate surface area is 85.6 Å². The molecule has 14 heavy (non-hydrogen) atoms. The average Bonchev–Trinajstić information content (AvgIpc) is 2.61. The second-order valence-electron chi connectivity index (χ2n) is 5.06. The van der Waals surface area contributed by atoms with Crippen molar-refractivity contribution in [1.82, 2.24) is 0 Å². The molecule has 4 atom stereocenters. The fraction of sp³-hybridized carbons (Fsp3) is 0.750. The van der Waals surface area contributed by atoms with E-state index < -0.39 is 0 Å². The van der Waals surface area contributed by atoms with E-state index in [1.165, 1.54) is 19.3 Å². The highest BCUT2D eigenvalue weighted by atomic mass is 16.1. The molecule has 2 nitrogen and oxygen atoms in total. The fourth-order valence-electron chi connectivity index (χ4n) is 3.14. The minimum atomic E-state index is 0.128. The van der Waals surface area contributed by atoms with Crippen LogP contribution in [0.25, 0.3) is 0 Å². The molecule has 78 valence electrons. The lowest BCUT2D eigenvalue weighted by Crippen LogP contribution is -2.39. The molecule has 0 spiro atoms. The van der Waals surface area contributed by atoms with Gasteiger partial charge >= 0.3 is 0 Å². The minimum Gasteiger partial charge on any atom is -0.327 e. The smallest absolute Gasteiger partial charge is 0.160 e. The van der Waals surface area contributed by atoms with Crippen LogP contribution in [0.4, 0.5) is 0 Å². The monoisotopic (exact) mass is 193 g/mol. The highest BCUT2D eigenvalue weighted by Crippen LogP contribution is 2.48. The van der Waals surface area contributed by atoms with E-state index in [0.717, 1.165) is 5.57 Å². The van der Waals surface area contributed by atoms with Gasteiger partial charge in [0.15, 0.2) is 5.78 Å². The highest BCUT2D eigenvalue weighted by molar-refractivity contribution is 5.93. The number of carbonyl (C=O) groups excluding carboxylic acids is 1. The summed E-state index contributed by atoms with van der Waals surface area (Å²) in [6, 6.07) is 0.136. The Morgan fingerprint density at radius 1 is 1.29 bits per heavy atom. The van der Waals surface area contributed by atoms with Gasteiger partial charge in [-0.2, -0.15) is 0 Å². The number of rotatable bonds is 2. The molecular weight excluding hydrogens is 174 g/mol. The van der Waals surface area contributed by atoms with Gasteiger partial charge < -0.3 is 5.73 Å². The molecule has 0 saturated heterocycles. The third-order valence-corrected chi connectivity index (χ3v) is 3.74. The molecule has 0 heterocycles. The van der Waals surface area contributed by atoms with Gasteiger partial charge in [0.05, 0.1) is 0 Å². The number of allylic oxidation sites excluding steroid dienone is 2. The summed E-state index contributed by atoms with van der Waals surface area (Å²) in [6.07, 6.45) is 5.41. The van der Waals surface area contributed by atoms with Crippen LogP contribution >= 0.6 is 0 Å². The van der Waals surface area contributed by atoms with E-state index in [-0.39, 0.29) is 17.7 Å². The Morgan fingerprint density at radius 3 is 2.43 bits per heavy atom. The van der Waals surface area contributed by atoms with Gasteiger partial charge in [-0.3, -0.25) is 4.79 Å². The molecule has 2 aliphatic carbocycles. The zero-order valence-corrected chi connectivity index (χ0v) is 8.99. The summed E-state index contributed by atoms with van der Waals surface area (Å²) in [5.74, 6) is 1.60. The molecular formula is C12H19NO. The first-order chi connectivity index (χ1) is 6.59. The summed E-state index contributed by atoms with van der Waals surface area (Å²) < 4.78 is 0. The van der Waals surface area contributed by atoms with E-state index in [4.69, 9.17) is 5.73 Å². The highest BCUT2D eigenvalue weighted by Gasteiger charge is 2.48. The topological polar surface area (TPSA) is 43.1 Å². The summed E-state index contributed by atoms with van der Waals surface area (Å²) in [6.45, 7) is 3.94. The van der Waals surface area contributed by atoms with Gasteiger partial charge in [-0.05, 0) is 51.0 Å². The number of nitrogens with two attached hydrogens (primary N) is 1. The molecule has 4 unspecified atom stereocenters. The van der Waals surface area contributed by atoms with E-state index in [2.05, 4.69) is 0 Å². The Hall–Kier alpha value is -0.630. The summed E-state index contributed by atoms with van der Waals surface area (Å²) in [7, 11) is 0. The number of ketones is 1. The lowest BCUT2D eigenvalue weighted by Gasteiger charge is -2.25. The third-order valence-electron chi connectivity index (χ3n) is 3.74. The number of hydrogen-bond donors (Lipinski definition) is 1. The van der Waals surface area contributed by atoms with Crippen molar-refractivity contribution < 1.29 is 4.79 Å². The maximum absolute atomic E-state index is 11.9. The van der Waals surface area contributed by atoms with Crippen LogP contribution in [0, 0.1) is 17.8 Å². The molecule has 2 rings (SSSR count). The standard InChI is InChI=1S/C12H19NO/c1-7(2)5-10(14)11-8-3-4-9(6-8)12(11)13/h5,8-9,11-12H,3-4,6,13H2,1-2H3.